The molecule has 0 saturated carbocycles. The second-order valence-electron chi connectivity index (χ2n) is 12.8. The van der Waals surface area contributed by atoms with Gasteiger partial charge in [0.25, 0.3) is 0 Å². The smallest absolute Gasteiger partial charge is 0.386 e. The van der Waals surface area contributed by atoms with Crippen LogP contribution >= 0.6 is 0 Å². The first-order chi connectivity index (χ1) is 18.3. The molecule has 2 rings (SSSR count). The van der Waals surface area contributed by atoms with Gasteiger partial charge in [0.1, 0.15) is 5.92 Å². The van der Waals surface area contributed by atoms with E-state index >= 15 is 0 Å². The van der Waals surface area contributed by atoms with E-state index in [4.69, 9.17) is 0 Å². The monoisotopic (exact) mass is 560 g/mol. The van der Waals surface area contributed by atoms with Gasteiger partial charge >= 0.3 is 18.1 Å². The maximum atomic E-state index is 14.0. The highest BCUT2D eigenvalue weighted by Crippen LogP contribution is 2.45. The Balaban J connectivity index is 3.19. The molecule has 40 heavy (non-hydrogen) atoms. The van der Waals surface area contributed by atoms with Crippen LogP contribution in [0.4, 0.5) is 13.2 Å². The largest absolute Gasteiger partial charge is 0.491 e. The molecule has 0 saturated heterocycles. The minimum absolute atomic E-state index is 0.0280. The Morgan fingerprint density at radius 1 is 0.550 bits per heavy atom. The Bertz CT molecular complexity index is 1080. The first-order valence-electron chi connectivity index (χ1n) is 14.5. The van der Waals surface area contributed by atoms with Gasteiger partial charge in [-0.1, -0.05) is 107 Å². The van der Waals surface area contributed by atoms with E-state index in [1.165, 1.54) is 0 Å². The molecule has 6 heteroatoms. The van der Waals surface area contributed by atoms with E-state index in [-0.39, 0.29) is 35.5 Å². The van der Waals surface area contributed by atoms with Gasteiger partial charge in [-0.2, -0.15) is 13.2 Å². The normalized spacial score (nSPS) is 12.7. The predicted octanol–water partition coefficient (Wildman–Crippen LogP) is 10.2. The summed E-state index contributed by atoms with van der Waals surface area (Å²) >= 11 is 0. The van der Waals surface area contributed by atoms with E-state index in [2.05, 4.69) is 56.7 Å². The standard InChI is InChI=1S/C34H47F3O3/c1-17(2)23-13-25(19(5)6)29(26(14-23)20(7)8)31(32(38)40-33(39)34(35,36)37)30-27(21(9)10)15-24(18(3)4)16-28(30)22(11)12/h13-22,31H,1-12H3. The van der Waals surface area contributed by atoms with E-state index in [1.54, 1.807) is 0 Å². The number of halogens is 3. The number of hydrogen-bond acceptors (Lipinski definition) is 3. The van der Waals surface area contributed by atoms with Crippen LogP contribution in [0.15, 0.2) is 24.3 Å². The highest BCUT2D eigenvalue weighted by atomic mass is 19.4. The summed E-state index contributed by atoms with van der Waals surface area (Å²) in [5.41, 5.74) is 7.02. The predicted molar refractivity (Wildman–Crippen MR) is 156 cm³/mol. The van der Waals surface area contributed by atoms with E-state index in [1.807, 2.05) is 55.4 Å². The molecule has 0 N–H and O–H groups in total. The summed E-state index contributed by atoms with van der Waals surface area (Å²) in [6.45, 7) is 24.5. The minimum atomic E-state index is -5.28. The van der Waals surface area contributed by atoms with Gasteiger partial charge < -0.3 is 4.74 Å². The Kier molecular flexibility index (Phi) is 10.8. The van der Waals surface area contributed by atoms with Crippen LogP contribution in [-0.4, -0.2) is 18.1 Å². The molecule has 0 radical (unpaired) electrons. The third-order valence-corrected chi connectivity index (χ3v) is 7.59. The van der Waals surface area contributed by atoms with Gasteiger partial charge in [0, 0.05) is 0 Å². The van der Waals surface area contributed by atoms with Crippen molar-refractivity contribution in [3.05, 3.63) is 68.8 Å². The van der Waals surface area contributed by atoms with Crippen LogP contribution in [0, 0.1) is 0 Å². The zero-order chi connectivity index (χ0) is 30.9. The number of rotatable bonds is 9. The zero-order valence-corrected chi connectivity index (χ0v) is 26.2. The number of ether oxygens (including phenoxy) is 1. The summed E-state index contributed by atoms with van der Waals surface area (Å²) in [6, 6.07) is 8.26. The minimum Gasteiger partial charge on any atom is -0.386 e. The van der Waals surface area contributed by atoms with Crippen LogP contribution in [-0.2, 0) is 14.3 Å². The lowest BCUT2D eigenvalue weighted by Gasteiger charge is -2.32. The second kappa shape index (κ2) is 12.9. The zero-order valence-electron chi connectivity index (χ0n) is 26.2. The second-order valence-corrected chi connectivity index (χ2v) is 12.8. The molecule has 0 aliphatic rings. The fourth-order valence-corrected chi connectivity index (χ4v) is 5.28. The molecular formula is C34H47F3O3. The highest BCUT2D eigenvalue weighted by Gasteiger charge is 2.45. The van der Waals surface area contributed by atoms with E-state index in [0.29, 0.717) is 11.1 Å². The Hall–Kier alpha value is -2.63. The van der Waals surface area contributed by atoms with Crippen LogP contribution in [0.3, 0.4) is 0 Å². The maximum Gasteiger partial charge on any atom is 0.491 e. The number of carbonyl (C=O) groups is 2. The van der Waals surface area contributed by atoms with Crippen molar-refractivity contribution in [2.45, 2.75) is 131 Å². The van der Waals surface area contributed by atoms with E-state index < -0.39 is 24.0 Å². The first-order valence-corrected chi connectivity index (χ1v) is 14.5. The van der Waals surface area contributed by atoms with Crippen LogP contribution in [0.1, 0.15) is 169 Å². The average Bonchev–Trinajstić information content (AvgIpc) is 2.82. The van der Waals surface area contributed by atoms with E-state index in [9.17, 15) is 22.8 Å². The third-order valence-electron chi connectivity index (χ3n) is 7.59. The van der Waals surface area contributed by atoms with Gasteiger partial charge in [0.15, 0.2) is 0 Å². The fraction of sp³-hybridized carbons (Fsp3) is 0.588. The molecule has 0 aromatic heterocycles. The number of esters is 2. The van der Waals surface area contributed by atoms with Crippen LogP contribution in [0.25, 0.3) is 0 Å². The summed E-state index contributed by atoms with van der Waals surface area (Å²) in [5, 5.41) is 0. The molecule has 0 unspecified atom stereocenters. The molecule has 0 aliphatic carbocycles. The lowest BCUT2D eigenvalue weighted by Crippen LogP contribution is -2.32. The van der Waals surface area contributed by atoms with Crippen molar-refractivity contribution in [3.63, 3.8) is 0 Å². The SMILES string of the molecule is CC(C)c1cc(C(C)C)c(C(C(=O)OC(=O)C(F)(F)F)c2c(C(C)C)cc(C(C)C)cc2C(C)C)c(C(C)C)c1. The van der Waals surface area contributed by atoms with Crippen LogP contribution in [0.5, 0.6) is 0 Å². The van der Waals surface area contributed by atoms with Crippen molar-refractivity contribution in [2.24, 2.45) is 0 Å². The van der Waals surface area contributed by atoms with Crippen molar-refractivity contribution >= 4 is 11.9 Å². The highest BCUT2D eigenvalue weighted by molar-refractivity contribution is 5.94. The molecule has 3 nitrogen and oxygen atoms in total. The molecule has 0 spiro atoms. The van der Waals surface area contributed by atoms with Gasteiger partial charge in [-0.15, -0.1) is 0 Å². The van der Waals surface area contributed by atoms with Gasteiger partial charge in [-0.3, -0.25) is 4.79 Å². The van der Waals surface area contributed by atoms with Gasteiger partial charge in [-0.05, 0) is 80.0 Å². The quantitative estimate of drug-likeness (QED) is 0.226. The lowest BCUT2D eigenvalue weighted by atomic mass is 9.72. The Morgan fingerprint density at radius 3 is 1.02 bits per heavy atom. The molecule has 0 atom stereocenters. The molecule has 0 aliphatic heterocycles. The molecule has 2 aromatic carbocycles. The number of carbonyl (C=O) groups excluding carboxylic acids is 2. The van der Waals surface area contributed by atoms with Crippen molar-refractivity contribution in [1.29, 1.82) is 0 Å². The first kappa shape index (κ1) is 33.6. The van der Waals surface area contributed by atoms with Gasteiger partial charge in [0.2, 0.25) is 0 Å². The van der Waals surface area contributed by atoms with Crippen molar-refractivity contribution in [2.75, 3.05) is 0 Å². The lowest BCUT2D eigenvalue weighted by molar-refractivity contribution is -0.202. The molecule has 0 fully saturated rings. The van der Waals surface area contributed by atoms with Crippen molar-refractivity contribution in [1.82, 2.24) is 0 Å². The number of hydrogen-bond donors (Lipinski definition) is 0. The summed E-state index contributed by atoms with van der Waals surface area (Å²) < 4.78 is 44.8. The Morgan fingerprint density at radius 2 is 0.825 bits per heavy atom. The molecular weight excluding hydrogens is 513 g/mol. The van der Waals surface area contributed by atoms with Crippen LogP contribution in [0.2, 0.25) is 0 Å². The average molecular weight is 561 g/mol. The Labute approximate surface area is 238 Å². The number of benzene rings is 2. The molecule has 222 valence electrons. The summed E-state index contributed by atoms with van der Waals surface area (Å²) in [7, 11) is 0. The molecule has 2 aromatic rings. The summed E-state index contributed by atoms with van der Waals surface area (Å²) in [6.07, 6.45) is -5.28. The summed E-state index contributed by atoms with van der Waals surface area (Å²) in [5.74, 6) is -4.57. The van der Waals surface area contributed by atoms with Crippen LogP contribution < -0.4 is 0 Å². The number of alkyl halides is 3. The van der Waals surface area contributed by atoms with Crippen molar-refractivity contribution in [3.8, 4) is 0 Å². The topological polar surface area (TPSA) is 43.4 Å². The molecule has 0 bridgehead atoms. The van der Waals surface area contributed by atoms with Gasteiger partial charge in [-0.25, -0.2) is 4.79 Å². The molecule has 0 amide bonds. The fourth-order valence-electron chi connectivity index (χ4n) is 5.28. The maximum absolute atomic E-state index is 14.0. The third kappa shape index (κ3) is 7.36. The molecule has 0 heterocycles. The van der Waals surface area contributed by atoms with Crippen molar-refractivity contribution < 1.29 is 27.5 Å². The van der Waals surface area contributed by atoms with Gasteiger partial charge in [0.05, 0.1) is 0 Å². The van der Waals surface area contributed by atoms with E-state index in [0.717, 1.165) is 33.4 Å². The summed E-state index contributed by atoms with van der Waals surface area (Å²) in [4.78, 5) is 26.0.